The van der Waals surface area contributed by atoms with Gasteiger partial charge in [0.25, 0.3) is 0 Å². The molecule has 1 saturated heterocycles. The summed E-state index contributed by atoms with van der Waals surface area (Å²) in [5, 5.41) is 12.6. The third-order valence-corrected chi connectivity index (χ3v) is 3.74. The zero-order valence-electron chi connectivity index (χ0n) is 11.7. The summed E-state index contributed by atoms with van der Waals surface area (Å²) >= 11 is 0. The van der Waals surface area contributed by atoms with Gasteiger partial charge in [0.2, 0.25) is 0 Å². The maximum Gasteiger partial charge on any atom is 0.123 e. The number of hydrogen-bond donors (Lipinski definition) is 2. The normalized spacial score (nSPS) is 18.0. The number of hydrogen-bond acceptors (Lipinski definition) is 3. The van der Waals surface area contributed by atoms with Crippen LogP contribution in [0.4, 0.5) is 4.39 Å². The molecule has 2 aromatic carbocycles. The lowest BCUT2D eigenvalue weighted by Gasteiger charge is -2.14. The molecular formula is C17H18FNO2. The molecule has 3 rings (SSSR count). The number of benzene rings is 2. The smallest absolute Gasteiger partial charge is 0.123 e. The highest BCUT2D eigenvalue weighted by molar-refractivity contribution is 5.67. The van der Waals surface area contributed by atoms with E-state index < -0.39 is 0 Å². The SMILES string of the molecule is Oc1ccc(-c2ccc(F)cc2COC2CCNC2)cc1. The molecular weight excluding hydrogens is 269 g/mol. The van der Waals surface area contributed by atoms with E-state index in [1.165, 1.54) is 12.1 Å². The molecule has 4 heteroatoms. The molecule has 0 radical (unpaired) electrons. The molecule has 0 saturated carbocycles. The van der Waals surface area contributed by atoms with Gasteiger partial charge in [0.1, 0.15) is 11.6 Å². The van der Waals surface area contributed by atoms with Crippen LogP contribution >= 0.6 is 0 Å². The van der Waals surface area contributed by atoms with Gasteiger partial charge in [0.05, 0.1) is 12.7 Å². The second-order valence-electron chi connectivity index (χ2n) is 5.27. The van der Waals surface area contributed by atoms with Gasteiger partial charge >= 0.3 is 0 Å². The van der Waals surface area contributed by atoms with Crippen LogP contribution in [0.25, 0.3) is 11.1 Å². The Hall–Kier alpha value is -1.91. The Balaban J connectivity index is 1.83. The van der Waals surface area contributed by atoms with Crippen molar-refractivity contribution in [3.05, 3.63) is 53.8 Å². The van der Waals surface area contributed by atoms with Gasteiger partial charge in [0, 0.05) is 6.54 Å². The Morgan fingerprint density at radius 1 is 1.19 bits per heavy atom. The first-order valence-electron chi connectivity index (χ1n) is 7.12. The van der Waals surface area contributed by atoms with Crippen LogP contribution in [-0.2, 0) is 11.3 Å². The van der Waals surface area contributed by atoms with E-state index in [1.807, 2.05) is 12.1 Å². The average molecular weight is 287 g/mol. The average Bonchev–Trinajstić information content (AvgIpc) is 3.00. The van der Waals surface area contributed by atoms with Crippen LogP contribution in [0.15, 0.2) is 42.5 Å². The van der Waals surface area contributed by atoms with E-state index >= 15 is 0 Å². The third kappa shape index (κ3) is 3.40. The summed E-state index contributed by atoms with van der Waals surface area (Å²) in [4.78, 5) is 0. The van der Waals surface area contributed by atoms with Crippen molar-refractivity contribution in [2.75, 3.05) is 13.1 Å². The van der Waals surface area contributed by atoms with Gasteiger partial charge in [-0.2, -0.15) is 0 Å². The van der Waals surface area contributed by atoms with Gasteiger partial charge in [-0.05, 0) is 53.9 Å². The van der Waals surface area contributed by atoms with Crippen molar-refractivity contribution < 1.29 is 14.2 Å². The van der Waals surface area contributed by atoms with Gasteiger partial charge in [0.15, 0.2) is 0 Å². The van der Waals surface area contributed by atoms with E-state index in [-0.39, 0.29) is 17.7 Å². The van der Waals surface area contributed by atoms with Crippen LogP contribution in [0.3, 0.4) is 0 Å². The summed E-state index contributed by atoms with van der Waals surface area (Å²) in [6, 6.07) is 11.6. The Labute approximate surface area is 123 Å². The van der Waals surface area contributed by atoms with Crippen LogP contribution in [-0.4, -0.2) is 24.3 Å². The molecule has 0 aliphatic carbocycles. The fourth-order valence-electron chi connectivity index (χ4n) is 2.58. The molecule has 0 bridgehead atoms. The standard InChI is InChI=1S/C17H18FNO2/c18-14-3-6-17(12-1-4-15(20)5-2-12)13(9-14)11-21-16-7-8-19-10-16/h1-6,9,16,19-20H,7-8,10-11H2. The minimum absolute atomic E-state index is 0.195. The number of aromatic hydroxyl groups is 1. The summed E-state index contributed by atoms with van der Waals surface area (Å²) in [6.45, 7) is 2.21. The van der Waals surface area contributed by atoms with Crippen molar-refractivity contribution in [2.24, 2.45) is 0 Å². The molecule has 1 fully saturated rings. The van der Waals surface area contributed by atoms with Crippen LogP contribution in [0, 0.1) is 5.82 Å². The number of phenolic OH excluding ortho intramolecular Hbond substituents is 1. The van der Waals surface area contributed by atoms with E-state index in [2.05, 4.69) is 5.32 Å². The summed E-state index contributed by atoms with van der Waals surface area (Å²) in [7, 11) is 0. The van der Waals surface area contributed by atoms with E-state index in [0.717, 1.165) is 36.2 Å². The number of halogens is 1. The maximum absolute atomic E-state index is 13.5. The number of ether oxygens (including phenoxy) is 1. The van der Waals surface area contributed by atoms with Crippen molar-refractivity contribution in [1.29, 1.82) is 0 Å². The lowest BCUT2D eigenvalue weighted by Crippen LogP contribution is -2.16. The predicted octanol–water partition coefficient (Wildman–Crippen LogP) is 3.08. The van der Waals surface area contributed by atoms with Gasteiger partial charge in [-0.25, -0.2) is 4.39 Å². The molecule has 3 nitrogen and oxygen atoms in total. The quantitative estimate of drug-likeness (QED) is 0.908. The minimum atomic E-state index is -0.263. The second-order valence-corrected chi connectivity index (χ2v) is 5.27. The Kier molecular flexibility index (Phi) is 4.18. The molecule has 1 unspecified atom stereocenters. The highest BCUT2D eigenvalue weighted by atomic mass is 19.1. The number of nitrogens with one attached hydrogen (secondary N) is 1. The molecule has 110 valence electrons. The lowest BCUT2D eigenvalue weighted by molar-refractivity contribution is 0.0543. The molecule has 21 heavy (non-hydrogen) atoms. The number of phenols is 1. The van der Waals surface area contributed by atoms with Crippen molar-refractivity contribution in [2.45, 2.75) is 19.1 Å². The Morgan fingerprint density at radius 3 is 2.71 bits per heavy atom. The largest absolute Gasteiger partial charge is 0.508 e. The topological polar surface area (TPSA) is 41.5 Å². The van der Waals surface area contributed by atoms with Crippen molar-refractivity contribution in [1.82, 2.24) is 5.32 Å². The minimum Gasteiger partial charge on any atom is -0.508 e. The van der Waals surface area contributed by atoms with Crippen LogP contribution < -0.4 is 5.32 Å². The van der Waals surface area contributed by atoms with Crippen molar-refractivity contribution in [3.8, 4) is 16.9 Å². The van der Waals surface area contributed by atoms with Gasteiger partial charge in [-0.3, -0.25) is 0 Å². The molecule has 2 aromatic rings. The zero-order chi connectivity index (χ0) is 14.7. The summed E-state index contributed by atoms with van der Waals surface area (Å²) in [6.07, 6.45) is 1.19. The van der Waals surface area contributed by atoms with Crippen LogP contribution in [0.5, 0.6) is 5.75 Å². The van der Waals surface area contributed by atoms with Crippen LogP contribution in [0.1, 0.15) is 12.0 Å². The first-order valence-corrected chi connectivity index (χ1v) is 7.12. The van der Waals surface area contributed by atoms with Crippen molar-refractivity contribution >= 4 is 0 Å². The van der Waals surface area contributed by atoms with Gasteiger partial charge in [-0.15, -0.1) is 0 Å². The monoisotopic (exact) mass is 287 g/mol. The highest BCUT2D eigenvalue weighted by Crippen LogP contribution is 2.27. The lowest BCUT2D eigenvalue weighted by atomic mass is 10.00. The molecule has 1 atom stereocenters. The van der Waals surface area contributed by atoms with Crippen molar-refractivity contribution in [3.63, 3.8) is 0 Å². The summed E-state index contributed by atoms with van der Waals surface area (Å²) in [5.74, 6) is -0.0450. The second kappa shape index (κ2) is 6.24. The molecule has 0 spiro atoms. The predicted molar refractivity (Wildman–Crippen MR) is 79.6 cm³/mol. The van der Waals surface area contributed by atoms with E-state index in [0.29, 0.717) is 6.61 Å². The molecule has 0 aromatic heterocycles. The molecule has 0 amide bonds. The first-order chi connectivity index (χ1) is 10.2. The Bertz CT molecular complexity index is 607. The fraction of sp³-hybridized carbons (Fsp3) is 0.294. The molecule has 1 aliphatic rings. The molecule has 1 heterocycles. The van der Waals surface area contributed by atoms with Crippen LogP contribution in [0.2, 0.25) is 0 Å². The summed E-state index contributed by atoms with van der Waals surface area (Å²) in [5.41, 5.74) is 2.70. The Morgan fingerprint density at radius 2 is 2.00 bits per heavy atom. The zero-order valence-corrected chi connectivity index (χ0v) is 11.7. The first kappa shape index (κ1) is 14.0. The fourth-order valence-corrected chi connectivity index (χ4v) is 2.58. The van der Waals surface area contributed by atoms with Gasteiger partial charge < -0.3 is 15.2 Å². The van der Waals surface area contributed by atoms with E-state index in [1.54, 1.807) is 18.2 Å². The third-order valence-electron chi connectivity index (χ3n) is 3.74. The molecule has 1 aliphatic heterocycles. The summed E-state index contributed by atoms with van der Waals surface area (Å²) < 4.78 is 19.4. The maximum atomic E-state index is 13.5. The van der Waals surface area contributed by atoms with E-state index in [4.69, 9.17) is 4.74 Å². The highest BCUT2D eigenvalue weighted by Gasteiger charge is 2.16. The van der Waals surface area contributed by atoms with Gasteiger partial charge in [-0.1, -0.05) is 18.2 Å². The van der Waals surface area contributed by atoms with E-state index in [9.17, 15) is 9.50 Å². The number of rotatable bonds is 4. The molecule has 2 N–H and O–H groups in total.